The van der Waals surface area contributed by atoms with Crippen LogP contribution in [0.2, 0.25) is 0 Å². The van der Waals surface area contributed by atoms with Gasteiger partial charge in [0.25, 0.3) is 5.91 Å². The Hall–Kier alpha value is -1.92. The lowest BCUT2D eigenvalue weighted by Crippen LogP contribution is -2.61. The van der Waals surface area contributed by atoms with Gasteiger partial charge in [0.2, 0.25) is 5.91 Å². The number of benzene rings is 1. The minimum atomic E-state index is -1.37. The molecule has 6 heteroatoms. The number of hydrogen-bond acceptors (Lipinski definition) is 4. The van der Waals surface area contributed by atoms with Crippen molar-refractivity contribution >= 4 is 11.8 Å². The summed E-state index contributed by atoms with van der Waals surface area (Å²) >= 11 is 0. The molecule has 1 atom stereocenters. The lowest BCUT2D eigenvalue weighted by Gasteiger charge is -2.42. The first-order chi connectivity index (χ1) is 12.5. The first-order valence-electron chi connectivity index (χ1n) is 9.57. The zero-order valence-electron chi connectivity index (χ0n) is 15.6. The SMILES string of the molecule is CCN1CCN(C[C@]2(O)CCCN(CCc3ccccc3)C2=O)CC1=O. The van der Waals surface area contributed by atoms with E-state index in [1.165, 1.54) is 5.56 Å². The number of carbonyl (C=O) groups is 2. The van der Waals surface area contributed by atoms with E-state index < -0.39 is 5.60 Å². The highest BCUT2D eigenvalue weighted by Crippen LogP contribution is 2.25. The minimum absolute atomic E-state index is 0.0755. The van der Waals surface area contributed by atoms with Crippen LogP contribution in [-0.4, -0.2) is 83.0 Å². The smallest absolute Gasteiger partial charge is 0.255 e. The van der Waals surface area contributed by atoms with E-state index in [0.29, 0.717) is 39.1 Å². The van der Waals surface area contributed by atoms with E-state index in [1.807, 2.05) is 34.9 Å². The lowest BCUT2D eigenvalue weighted by molar-refractivity contribution is -0.161. The molecule has 2 aliphatic heterocycles. The highest BCUT2D eigenvalue weighted by molar-refractivity contribution is 5.86. The van der Waals surface area contributed by atoms with Gasteiger partial charge < -0.3 is 14.9 Å². The number of nitrogens with zero attached hydrogens (tertiary/aromatic N) is 3. The molecule has 0 aliphatic carbocycles. The van der Waals surface area contributed by atoms with E-state index in [-0.39, 0.29) is 24.9 Å². The van der Waals surface area contributed by atoms with Gasteiger partial charge in [0.1, 0.15) is 0 Å². The fraction of sp³-hybridized carbons (Fsp3) is 0.600. The zero-order chi connectivity index (χ0) is 18.6. The predicted molar refractivity (Wildman–Crippen MR) is 99.6 cm³/mol. The minimum Gasteiger partial charge on any atom is -0.379 e. The van der Waals surface area contributed by atoms with Crippen molar-refractivity contribution in [3.8, 4) is 0 Å². The van der Waals surface area contributed by atoms with Crippen molar-refractivity contribution in [2.24, 2.45) is 0 Å². The van der Waals surface area contributed by atoms with Gasteiger partial charge in [-0.25, -0.2) is 0 Å². The summed E-state index contributed by atoms with van der Waals surface area (Å²) in [4.78, 5) is 30.5. The standard InChI is InChI=1S/C20H29N3O3/c1-2-22-14-13-21(15-18(22)24)16-20(26)10-6-11-23(19(20)25)12-9-17-7-4-3-5-8-17/h3-5,7-8,26H,2,6,9-16H2,1H3/t20-/m1/s1. The highest BCUT2D eigenvalue weighted by atomic mass is 16.3. The molecule has 0 saturated carbocycles. The maximum absolute atomic E-state index is 12.9. The largest absolute Gasteiger partial charge is 0.379 e. The third kappa shape index (κ3) is 4.24. The van der Waals surface area contributed by atoms with Crippen molar-refractivity contribution in [2.75, 3.05) is 45.8 Å². The number of β-amino-alcohol motifs (C(OH)–C–C–N with tert-alkyl or cyclic N) is 1. The molecule has 3 rings (SSSR count). The van der Waals surface area contributed by atoms with Gasteiger partial charge in [-0.15, -0.1) is 0 Å². The van der Waals surface area contributed by atoms with Gasteiger partial charge in [0, 0.05) is 39.3 Å². The van der Waals surface area contributed by atoms with Crippen molar-refractivity contribution in [2.45, 2.75) is 31.8 Å². The van der Waals surface area contributed by atoms with Gasteiger partial charge >= 0.3 is 0 Å². The fourth-order valence-electron chi connectivity index (χ4n) is 3.93. The van der Waals surface area contributed by atoms with Gasteiger partial charge in [-0.2, -0.15) is 0 Å². The summed E-state index contributed by atoms with van der Waals surface area (Å²) in [5.41, 5.74) is -0.181. The van der Waals surface area contributed by atoms with E-state index in [2.05, 4.69) is 12.1 Å². The van der Waals surface area contributed by atoms with Gasteiger partial charge in [0.05, 0.1) is 6.54 Å². The number of piperazine rings is 1. The summed E-state index contributed by atoms with van der Waals surface area (Å²) in [6.45, 7) is 5.89. The van der Waals surface area contributed by atoms with Crippen LogP contribution >= 0.6 is 0 Å². The molecule has 142 valence electrons. The lowest BCUT2D eigenvalue weighted by atomic mass is 9.90. The Morgan fingerprint density at radius 1 is 1.08 bits per heavy atom. The van der Waals surface area contributed by atoms with Crippen LogP contribution in [0.5, 0.6) is 0 Å². The van der Waals surface area contributed by atoms with E-state index >= 15 is 0 Å². The highest BCUT2D eigenvalue weighted by Gasteiger charge is 2.44. The second-order valence-corrected chi connectivity index (χ2v) is 7.35. The number of likely N-dealkylation sites (N-methyl/N-ethyl adjacent to an activating group) is 1. The molecule has 26 heavy (non-hydrogen) atoms. The molecule has 0 spiro atoms. The average Bonchev–Trinajstić information content (AvgIpc) is 2.64. The third-order valence-corrected chi connectivity index (χ3v) is 5.48. The van der Waals surface area contributed by atoms with Crippen LogP contribution < -0.4 is 0 Å². The summed E-state index contributed by atoms with van der Waals surface area (Å²) in [6, 6.07) is 10.1. The Kier molecular flexibility index (Phi) is 5.94. The number of aliphatic hydroxyl groups is 1. The Bertz CT molecular complexity index is 636. The maximum atomic E-state index is 12.9. The summed E-state index contributed by atoms with van der Waals surface area (Å²) in [7, 11) is 0. The average molecular weight is 359 g/mol. The second-order valence-electron chi connectivity index (χ2n) is 7.35. The summed E-state index contributed by atoms with van der Waals surface area (Å²) in [5.74, 6) is -0.114. The molecule has 1 aromatic carbocycles. The van der Waals surface area contributed by atoms with Gasteiger partial charge in [-0.05, 0) is 31.7 Å². The normalized spacial score (nSPS) is 25.0. The van der Waals surface area contributed by atoms with E-state index in [0.717, 1.165) is 12.8 Å². The third-order valence-electron chi connectivity index (χ3n) is 5.48. The fourth-order valence-corrected chi connectivity index (χ4v) is 3.93. The Morgan fingerprint density at radius 3 is 2.54 bits per heavy atom. The topological polar surface area (TPSA) is 64.1 Å². The van der Waals surface area contributed by atoms with E-state index in [9.17, 15) is 14.7 Å². The second kappa shape index (κ2) is 8.18. The predicted octanol–water partition coefficient (Wildman–Crippen LogP) is 0.747. The van der Waals surface area contributed by atoms with Crippen LogP contribution in [0.15, 0.2) is 30.3 Å². The molecule has 1 aromatic rings. The van der Waals surface area contributed by atoms with Crippen LogP contribution in [0.4, 0.5) is 0 Å². The molecule has 6 nitrogen and oxygen atoms in total. The van der Waals surface area contributed by atoms with Crippen molar-refractivity contribution in [3.05, 3.63) is 35.9 Å². The van der Waals surface area contributed by atoms with Crippen LogP contribution in [-0.2, 0) is 16.0 Å². The van der Waals surface area contributed by atoms with Crippen LogP contribution in [0.1, 0.15) is 25.3 Å². The zero-order valence-corrected chi connectivity index (χ0v) is 15.6. The first kappa shape index (κ1) is 18.9. The molecule has 0 unspecified atom stereocenters. The first-order valence-corrected chi connectivity index (χ1v) is 9.57. The van der Waals surface area contributed by atoms with Crippen LogP contribution in [0.25, 0.3) is 0 Å². The van der Waals surface area contributed by atoms with Crippen molar-refractivity contribution < 1.29 is 14.7 Å². The van der Waals surface area contributed by atoms with Crippen molar-refractivity contribution in [1.82, 2.24) is 14.7 Å². The molecule has 1 N–H and O–H groups in total. The quantitative estimate of drug-likeness (QED) is 0.814. The summed E-state index contributed by atoms with van der Waals surface area (Å²) < 4.78 is 0. The van der Waals surface area contributed by atoms with E-state index in [1.54, 1.807) is 4.90 Å². The number of carbonyl (C=O) groups excluding carboxylic acids is 2. The summed E-state index contributed by atoms with van der Waals surface area (Å²) in [5, 5.41) is 11.0. The molecular formula is C20H29N3O3. The Labute approximate surface area is 155 Å². The maximum Gasteiger partial charge on any atom is 0.255 e. The van der Waals surface area contributed by atoms with E-state index in [4.69, 9.17) is 0 Å². The molecule has 0 bridgehead atoms. The van der Waals surface area contributed by atoms with Crippen molar-refractivity contribution in [1.29, 1.82) is 0 Å². The van der Waals surface area contributed by atoms with Crippen LogP contribution in [0, 0.1) is 0 Å². The number of amides is 2. The molecule has 0 aromatic heterocycles. The molecule has 2 fully saturated rings. The number of rotatable bonds is 6. The monoisotopic (exact) mass is 359 g/mol. The number of likely N-dealkylation sites (tertiary alicyclic amines) is 1. The van der Waals surface area contributed by atoms with Crippen molar-refractivity contribution in [3.63, 3.8) is 0 Å². The Morgan fingerprint density at radius 2 is 1.85 bits per heavy atom. The number of hydrogen-bond donors (Lipinski definition) is 1. The molecule has 2 amide bonds. The molecule has 2 aliphatic rings. The van der Waals surface area contributed by atoms with Gasteiger partial charge in [-0.1, -0.05) is 30.3 Å². The number of piperidine rings is 1. The molecular weight excluding hydrogens is 330 g/mol. The molecule has 2 saturated heterocycles. The van der Waals surface area contributed by atoms with Crippen LogP contribution in [0.3, 0.4) is 0 Å². The molecule has 0 radical (unpaired) electrons. The van der Waals surface area contributed by atoms with Gasteiger partial charge in [-0.3, -0.25) is 14.5 Å². The summed E-state index contributed by atoms with van der Waals surface area (Å²) in [6.07, 6.45) is 2.05. The molecule has 2 heterocycles. The van der Waals surface area contributed by atoms with Gasteiger partial charge in [0.15, 0.2) is 5.60 Å². The Balaban J connectivity index is 1.58.